The number of hydrogen-bond acceptors (Lipinski definition) is 5. The van der Waals surface area contributed by atoms with E-state index in [-0.39, 0.29) is 6.04 Å². The third-order valence-corrected chi connectivity index (χ3v) is 1.77. The second kappa shape index (κ2) is 5.93. The first kappa shape index (κ1) is 11.4. The molecule has 0 spiro atoms. The Labute approximate surface area is 72.4 Å². The van der Waals surface area contributed by atoms with Crippen LogP contribution in [0.1, 0.15) is 26.7 Å². The molecule has 0 aliphatic carbocycles. The van der Waals surface area contributed by atoms with Crippen molar-refractivity contribution in [1.29, 1.82) is 0 Å². The summed E-state index contributed by atoms with van der Waals surface area (Å²) >= 11 is 0. The van der Waals surface area contributed by atoms with Crippen molar-refractivity contribution >= 4 is 5.97 Å². The van der Waals surface area contributed by atoms with Gasteiger partial charge in [-0.2, -0.15) is 5.90 Å². The second-order valence-corrected chi connectivity index (χ2v) is 2.59. The van der Waals surface area contributed by atoms with Crippen LogP contribution in [0.4, 0.5) is 0 Å². The van der Waals surface area contributed by atoms with Gasteiger partial charge in [-0.3, -0.25) is 5.32 Å². The van der Waals surface area contributed by atoms with Crippen LogP contribution >= 0.6 is 0 Å². The van der Waals surface area contributed by atoms with E-state index in [1.165, 1.54) is 0 Å². The topological polar surface area (TPSA) is 90.4 Å². The van der Waals surface area contributed by atoms with Gasteiger partial charge in [-0.25, -0.2) is 4.79 Å². The van der Waals surface area contributed by atoms with Crippen molar-refractivity contribution in [1.82, 2.24) is 5.32 Å². The molecule has 1 atom stereocenters. The molecule has 0 heterocycles. The molecule has 0 fully saturated rings. The monoisotopic (exact) mass is 175 g/mol. The molecule has 0 saturated heterocycles. The maximum atomic E-state index is 10.7. The van der Waals surface area contributed by atoms with E-state index in [0.29, 0.717) is 0 Å². The summed E-state index contributed by atoms with van der Waals surface area (Å²) in [5, 5.41) is 2.89. The Hall–Kier alpha value is -0.650. The smallest absolute Gasteiger partial charge is 0.356 e. The predicted molar refractivity (Wildman–Crippen MR) is 45.8 cm³/mol. The van der Waals surface area contributed by atoms with Crippen molar-refractivity contribution < 1.29 is 9.63 Å². The Kier molecular flexibility index (Phi) is 5.61. The zero-order chi connectivity index (χ0) is 9.56. The molecular formula is C7H17N3O2. The number of rotatable bonds is 5. The fourth-order valence-electron chi connectivity index (χ4n) is 0.920. The molecule has 0 amide bonds. The molecule has 5 nitrogen and oxygen atoms in total. The van der Waals surface area contributed by atoms with Gasteiger partial charge in [0.05, 0.1) is 0 Å². The van der Waals surface area contributed by atoms with Crippen molar-refractivity contribution in [3.05, 3.63) is 0 Å². The lowest BCUT2D eigenvalue weighted by Gasteiger charge is -2.18. The zero-order valence-electron chi connectivity index (χ0n) is 7.54. The van der Waals surface area contributed by atoms with E-state index in [2.05, 4.69) is 16.1 Å². The van der Waals surface area contributed by atoms with Crippen molar-refractivity contribution in [2.24, 2.45) is 11.6 Å². The van der Waals surface area contributed by atoms with Gasteiger partial charge in [0.15, 0.2) is 6.17 Å². The Balaban J connectivity index is 3.80. The van der Waals surface area contributed by atoms with Crippen molar-refractivity contribution in [3.8, 4) is 0 Å². The minimum Gasteiger partial charge on any atom is -0.371 e. The Morgan fingerprint density at radius 3 is 2.33 bits per heavy atom. The van der Waals surface area contributed by atoms with Gasteiger partial charge in [0, 0.05) is 6.04 Å². The normalized spacial score (nSPS) is 13.1. The molecule has 0 saturated carbocycles. The molecule has 0 rings (SSSR count). The molecule has 12 heavy (non-hydrogen) atoms. The van der Waals surface area contributed by atoms with Crippen LogP contribution in [-0.2, 0) is 9.63 Å². The van der Waals surface area contributed by atoms with Gasteiger partial charge in [0.2, 0.25) is 0 Å². The van der Waals surface area contributed by atoms with E-state index in [1.54, 1.807) is 0 Å². The number of carbonyl (C=O) groups excluding carboxylic acids is 1. The Bertz CT molecular complexity index is 137. The summed E-state index contributed by atoms with van der Waals surface area (Å²) in [5.74, 6) is 4.02. The van der Waals surface area contributed by atoms with Gasteiger partial charge in [-0.1, -0.05) is 13.8 Å². The van der Waals surface area contributed by atoms with E-state index in [9.17, 15) is 4.79 Å². The number of nitrogens with two attached hydrogens (primary N) is 2. The van der Waals surface area contributed by atoms with Gasteiger partial charge in [0.1, 0.15) is 0 Å². The molecule has 0 bridgehead atoms. The van der Waals surface area contributed by atoms with Gasteiger partial charge >= 0.3 is 5.97 Å². The summed E-state index contributed by atoms with van der Waals surface area (Å²) < 4.78 is 0. The van der Waals surface area contributed by atoms with Crippen molar-refractivity contribution in [3.63, 3.8) is 0 Å². The van der Waals surface area contributed by atoms with Crippen LogP contribution in [0.3, 0.4) is 0 Å². The fraction of sp³-hybridized carbons (Fsp3) is 0.857. The molecule has 5 N–H and O–H groups in total. The fourth-order valence-corrected chi connectivity index (χ4v) is 0.920. The number of hydrogen-bond donors (Lipinski definition) is 3. The standard InChI is InChI=1S/C7H17N3O2/c1-3-5(4-2)10-6(8)7(11)12-9/h5-6,10H,3-4,8-9H2,1-2H3. The van der Waals surface area contributed by atoms with E-state index in [0.717, 1.165) is 12.8 Å². The molecule has 1 unspecified atom stereocenters. The van der Waals surface area contributed by atoms with Crippen molar-refractivity contribution in [2.45, 2.75) is 38.9 Å². The SMILES string of the molecule is CCC(CC)NC(N)C(=O)ON. The van der Waals surface area contributed by atoms with Gasteiger partial charge in [-0.15, -0.1) is 0 Å². The first-order chi connectivity index (χ1) is 5.65. The molecule has 72 valence electrons. The molecule has 0 aromatic heterocycles. The highest BCUT2D eigenvalue weighted by Gasteiger charge is 2.16. The Morgan fingerprint density at radius 2 is 2.00 bits per heavy atom. The molecule has 0 aliphatic heterocycles. The highest BCUT2D eigenvalue weighted by Crippen LogP contribution is 1.96. The summed E-state index contributed by atoms with van der Waals surface area (Å²) in [4.78, 5) is 14.7. The largest absolute Gasteiger partial charge is 0.371 e. The van der Waals surface area contributed by atoms with E-state index < -0.39 is 12.1 Å². The van der Waals surface area contributed by atoms with E-state index >= 15 is 0 Å². The van der Waals surface area contributed by atoms with E-state index in [1.807, 2.05) is 13.8 Å². The third-order valence-electron chi connectivity index (χ3n) is 1.77. The zero-order valence-corrected chi connectivity index (χ0v) is 7.54. The predicted octanol–water partition coefficient (Wildman–Crippen LogP) is -0.534. The lowest BCUT2D eigenvalue weighted by molar-refractivity contribution is -0.146. The van der Waals surface area contributed by atoms with Crippen LogP contribution in [0.2, 0.25) is 0 Å². The third kappa shape index (κ3) is 3.66. The van der Waals surface area contributed by atoms with Crippen LogP contribution in [0.5, 0.6) is 0 Å². The van der Waals surface area contributed by atoms with Crippen LogP contribution in [0, 0.1) is 0 Å². The molecule has 0 aliphatic rings. The lowest BCUT2D eigenvalue weighted by Crippen LogP contribution is -2.50. The molecule has 5 heteroatoms. The van der Waals surface area contributed by atoms with Crippen LogP contribution in [0.25, 0.3) is 0 Å². The summed E-state index contributed by atoms with van der Waals surface area (Å²) in [7, 11) is 0. The highest BCUT2D eigenvalue weighted by atomic mass is 16.7. The van der Waals surface area contributed by atoms with Crippen LogP contribution < -0.4 is 16.9 Å². The average molecular weight is 175 g/mol. The quantitative estimate of drug-likeness (QED) is 0.386. The maximum Gasteiger partial charge on any atom is 0.356 e. The molecule has 0 aromatic carbocycles. The Morgan fingerprint density at radius 1 is 1.50 bits per heavy atom. The first-order valence-corrected chi connectivity index (χ1v) is 4.07. The number of carbonyl (C=O) groups is 1. The first-order valence-electron chi connectivity index (χ1n) is 4.07. The minimum absolute atomic E-state index is 0.235. The van der Waals surface area contributed by atoms with Crippen LogP contribution in [0.15, 0.2) is 0 Å². The molecule has 0 radical (unpaired) electrons. The van der Waals surface area contributed by atoms with Crippen LogP contribution in [-0.4, -0.2) is 18.2 Å². The summed E-state index contributed by atoms with van der Waals surface area (Å²) in [6.45, 7) is 4.03. The number of nitrogens with one attached hydrogen (secondary N) is 1. The van der Waals surface area contributed by atoms with Crippen molar-refractivity contribution in [2.75, 3.05) is 0 Å². The summed E-state index contributed by atoms with van der Waals surface area (Å²) in [6.07, 6.45) is 1.02. The molecule has 0 aromatic rings. The summed E-state index contributed by atoms with van der Waals surface area (Å²) in [6, 6.07) is 0.235. The van der Waals surface area contributed by atoms with Gasteiger partial charge in [0.25, 0.3) is 0 Å². The average Bonchev–Trinajstić information content (AvgIpc) is 2.12. The highest BCUT2D eigenvalue weighted by molar-refractivity contribution is 5.74. The minimum atomic E-state index is -0.820. The lowest BCUT2D eigenvalue weighted by atomic mass is 10.1. The van der Waals surface area contributed by atoms with E-state index in [4.69, 9.17) is 5.73 Å². The summed E-state index contributed by atoms with van der Waals surface area (Å²) in [5.41, 5.74) is 5.41. The van der Waals surface area contributed by atoms with Gasteiger partial charge < -0.3 is 10.6 Å². The second-order valence-electron chi connectivity index (χ2n) is 2.59. The molecular weight excluding hydrogens is 158 g/mol. The van der Waals surface area contributed by atoms with Gasteiger partial charge in [-0.05, 0) is 12.8 Å². The maximum absolute atomic E-state index is 10.7.